The molecule has 0 aliphatic carbocycles. The third-order valence-electron chi connectivity index (χ3n) is 3.77. The van der Waals surface area contributed by atoms with Gasteiger partial charge in [-0.25, -0.2) is 0 Å². The van der Waals surface area contributed by atoms with Crippen LogP contribution >= 0.6 is 0 Å². The van der Waals surface area contributed by atoms with Crippen LogP contribution in [0.2, 0.25) is 0 Å². The summed E-state index contributed by atoms with van der Waals surface area (Å²) in [5, 5.41) is 13.2. The van der Waals surface area contributed by atoms with Gasteiger partial charge < -0.3 is 15.2 Å². The summed E-state index contributed by atoms with van der Waals surface area (Å²) in [6.07, 6.45) is 0.873. The van der Waals surface area contributed by atoms with E-state index in [-0.39, 0.29) is 12.1 Å². The van der Waals surface area contributed by atoms with Crippen LogP contribution < -0.4 is 5.32 Å². The Kier molecular flexibility index (Phi) is 4.15. The van der Waals surface area contributed by atoms with Crippen LogP contribution in [0.4, 0.5) is 0 Å². The first-order chi connectivity index (χ1) is 8.27. The second-order valence-corrected chi connectivity index (χ2v) is 4.88. The Labute approximate surface area is 103 Å². The van der Waals surface area contributed by atoms with E-state index in [2.05, 4.69) is 24.4 Å². The van der Waals surface area contributed by atoms with Crippen LogP contribution in [-0.2, 0) is 11.3 Å². The lowest BCUT2D eigenvalue weighted by Crippen LogP contribution is -2.57. The van der Waals surface area contributed by atoms with Gasteiger partial charge in [0.25, 0.3) is 0 Å². The largest absolute Gasteiger partial charge is 0.394 e. The van der Waals surface area contributed by atoms with Crippen LogP contribution in [-0.4, -0.2) is 30.5 Å². The molecular weight excluding hydrogens is 214 g/mol. The monoisotopic (exact) mass is 235 g/mol. The fourth-order valence-corrected chi connectivity index (χ4v) is 2.35. The molecule has 1 saturated heterocycles. The van der Waals surface area contributed by atoms with Crippen molar-refractivity contribution in [3.8, 4) is 0 Å². The van der Waals surface area contributed by atoms with Crippen LogP contribution in [0.1, 0.15) is 18.9 Å². The lowest BCUT2D eigenvalue weighted by molar-refractivity contribution is -0.0313. The molecule has 3 nitrogen and oxygen atoms in total. The van der Waals surface area contributed by atoms with Crippen molar-refractivity contribution in [3.63, 3.8) is 0 Å². The zero-order chi connectivity index (χ0) is 12.1. The smallest absolute Gasteiger partial charge is 0.0617 e. The minimum absolute atomic E-state index is 0.171. The highest BCUT2D eigenvalue weighted by molar-refractivity contribution is 5.15. The number of nitrogens with one attached hydrogen (secondary N) is 1. The summed E-state index contributed by atoms with van der Waals surface area (Å²) >= 11 is 0. The van der Waals surface area contributed by atoms with Crippen LogP contribution in [0.3, 0.4) is 0 Å². The molecule has 0 bridgehead atoms. The molecule has 1 fully saturated rings. The van der Waals surface area contributed by atoms with E-state index in [1.54, 1.807) is 0 Å². The Morgan fingerprint density at radius 2 is 2.18 bits per heavy atom. The maximum Gasteiger partial charge on any atom is 0.0617 e. The molecular formula is C14H21NO2. The van der Waals surface area contributed by atoms with Crippen molar-refractivity contribution in [2.24, 2.45) is 5.92 Å². The average molecular weight is 235 g/mol. The van der Waals surface area contributed by atoms with E-state index in [9.17, 15) is 5.11 Å². The van der Waals surface area contributed by atoms with E-state index in [4.69, 9.17) is 4.74 Å². The normalized spacial score (nSPS) is 29.2. The first-order valence-corrected chi connectivity index (χ1v) is 6.24. The van der Waals surface area contributed by atoms with Crippen molar-refractivity contribution >= 4 is 0 Å². The summed E-state index contributed by atoms with van der Waals surface area (Å²) in [4.78, 5) is 0. The molecule has 1 aromatic carbocycles. The lowest BCUT2D eigenvalue weighted by Gasteiger charge is -2.42. The first-order valence-electron chi connectivity index (χ1n) is 6.24. The van der Waals surface area contributed by atoms with Crippen molar-refractivity contribution in [1.82, 2.24) is 5.32 Å². The third-order valence-corrected chi connectivity index (χ3v) is 3.77. The fourth-order valence-electron chi connectivity index (χ4n) is 2.35. The van der Waals surface area contributed by atoms with E-state index in [1.165, 1.54) is 5.56 Å². The van der Waals surface area contributed by atoms with E-state index in [0.29, 0.717) is 5.92 Å². The number of aliphatic hydroxyl groups excluding tert-OH is 1. The fraction of sp³-hybridized carbons (Fsp3) is 0.571. The number of benzene rings is 1. The molecule has 2 rings (SSSR count). The van der Waals surface area contributed by atoms with Crippen molar-refractivity contribution in [3.05, 3.63) is 35.9 Å². The number of aliphatic hydroxyl groups is 1. The molecule has 1 heterocycles. The second-order valence-electron chi connectivity index (χ2n) is 4.88. The molecule has 2 N–H and O–H groups in total. The van der Waals surface area contributed by atoms with Gasteiger partial charge in [-0.3, -0.25) is 0 Å². The minimum Gasteiger partial charge on any atom is -0.394 e. The average Bonchev–Trinajstić information content (AvgIpc) is 2.39. The zero-order valence-corrected chi connectivity index (χ0v) is 10.4. The molecule has 2 unspecified atom stereocenters. The molecule has 0 spiro atoms. The topological polar surface area (TPSA) is 41.5 Å². The lowest BCUT2D eigenvalue weighted by atomic mass is 9.81. The Bertz CT molecular complexity index is 341. The highest BCUT2D eigenvalue weighted by Crippen LogP contribution is 2.26. The van der Waals surface area contributed by atoms with Crippen molar-refractivity contribution < 1.29 is 9.84 Å². The highest BCUT2D eigenvalue weighted by atomic mass is 16.5. The molecule has 2 atom stereocenters. The van der Waals surface area contributed by atoms with Gasteiger partial charge in [-0.15, -0.1) is 0 Å². The van der Waals surface area contributed by atoms with Crippen molar-refractivity contribution in [1.29, 1.82) is 0 Å². The molecule has 94 valence electrons. The van der Waals surface area contributed by atoms with Gasteiger partial charge in [-0.1, -0.05) is 37.3 Å². The predicted molar refractivity (Wildman–Crippen MR) is 67.7 cm³/mol. The summed E-state index contributed by atoms with van der Waals surface area (Å²) < 4.78 is 5.44. The van der Waals surface area contributed by atoms with Crippen molar-refractivity contribution in [2.75, 3.05) is 19.8 Å². The summed E-state index contributed by atoms with van der Waals surface area (Å²) in [6, 6.07) is 10.3. The van der Waals surface area contributed by atoms with Gasteiger partial charge in [0.2, 0.25) is 0 Å². The summed E-state index contributed by atoms with van der Waals surface area (Å²) in [5.41, 5.74) is 1.06. The molecule has 1 aliphatic heterocycles. The standard InChI is InChI=1S/C14H21NO2/c1-12-10-17-8-7-14(12,11-16)15-9-13-5-3-2-4-6-13/h2-6,12,15-16H,7-11H2,1H3. The SMILES string of the molecule is CC1COCCC1(CO)NCc1ccccc1. The summed E-state index contributed by atoms with van der Waals surface area (Å²) in [7, 11) is 0. The van der Waals surface area contributed by atoms with Crippen LogP contribution in [0.5, 0.6) is 0 Å². The molecule has 0 amide bonds. The molecule has 3 heteroatoms. The number of hydrogen-bond acceptors (Lipinski definition) is 3. The Morgan fingerprint density at radius 1 is 1.41 bits per heavy atom. The first kappa shape index (κ1) is 12.6. The van der Waals surface area contributed by atoms with E-state index in [0.717, 1.165) is 26.2 Å². The van der Waals surface area contributed by atoms with E-state index < -0.39 is 0 Å². The maximum absolute atomic E-state index is 9.67. The Morgan fingerprint density at radius 3 is 2.82 bits per heavy atom. The number of hydrogen-bond donors (Lipinski definition) is 2. The van der Waals surface area contributed by atoms with Gasteiger partial charge in [0.05, 0.1) is 13.2 Å². The van der Waals surface area contributed by atoms with Crippen LogP contribution in [0.15, 0.2) is 30.3 Å². The van der Waals surface area contributed by atoms with Gasteiger partial charge in [-0.05, 0) is 17.9 Å². The van der Waals surface area contributed by atoms with E-state index in [1.807, 2.05) is 18.2 Å². The number of rotatable bonds is 4. The molecule has 0 saturated carbocycles. The van der Waals surface area contributed by atoms with Gasteiger partial charge in [0.1, 0.15) is 0 Å². The second kappa shape index (κ2) is 5.63. The zero-order valence-electron chi connectivity index (χ0n) is 10.4. The molecule has 17 heavy (non-hydrogen) atoms. The van der Waals surface area contributed by atoms with Gasteiger partial charge in [-0.2, -0.15) is 0 Å². The summed E-state index contributed by atoms with van der Waals surface area (Å²) in [5.74, 6) is 0.338. The maximum atomic E-state index is 9.67. The summed E-state index contributed by atoms with van der Waals surface area (Å²) in [6.45, 7) is 4.55. The third kappa shape index (κ3) is 2.86. The van der Waals surface area contributed by atoms with Crippen LogP contribution in [0.25, 0.3) is 0 Å². The van der Waals surface area contributed by atoms with Gasteiger partial charge in [0.15, 0.2) is 0 Å². The van der Waals surface area contributed by atoms with E-state index >= 15 is 0 Å². The highest BCUT2D eigenvalue weighted by Gasteiger charge is 2.37. The quantitative estimate of drug-likeness (QED) is 0.832. The molecule has 0 radical (unpaired) electrons. The predicted octanol–water partition coefficient (Wildman–Crippen LogP) is 1.56. The minimum atomic E-state index is -0.186. The van der Waals surface area contributed by atoms with Crippen molar-refractivity contribution in [2.45, 2.75) is 25.4 Å². The number of ether oxygens (including phenoxy) is 1. The Hall–Kier alpha value is -0.900. The molecule has 0 aromatic heterocycles. The Balaban J connectivity index is 1.99. The molecule has 1 aromatic rings. The molecule has 1 aliphatic rings. The van der Waals surface area contributed by atoms with Gasteiger partial charge >= 0.3 is 0 Å². The van der Waals surface area contributed by atoms with Gasteiger partial charge in [0, 0.05) is 18.7 Å². The van der Waals surface area contributed by atoms with Crippen LogP contribution in [0, 0.1) is 5.92 Å².